The first kappa shape index (κ1) is 14.9. The minimum Gasteiger partial charge on any atom is -0.454 e. The van der Waals surface area contributed by atoms with Gasteiger partial charge in [-0.2, -0.15) is 0 Å². The third kappa shape index (κ3) is 3.35. The lowest BCUT2D eigenvalue weighted by Crippen LogP contribution is -2.43. The first-order chi connectivity index (χ1) is 9.33. The lowest BCUT2D eigenvalue weighted by atomic mass is 10.0. The molecule has 20 heavy (non-hydrogen) atoms. The van der Waals surface area contributed by atoms with Crippen LogP contribution >= 0.6 is 12.4 Å². The van der Waals surface area contributed by atoms with Crippen LogP contribution in [0.3, 0.4) is 0 Å². The van der Waals surface area contributed by atoms with Crippen LogP contribution in [-0.2, 0) is 0 Å². The summed E-state index contributed by atoms with van der Waals surface area (Å²) in [5.74, 6) is 1.28. The standard InChI is InChI=1S/C14H18N2O3.ClH/c17-14(16-8-11-3-1-2-6-15-11)10-4-5-12-13(7-10)19-9-18-12;/h4-5,7,11,15H,1-3,6,8-9H2,(H,16,17);1H. The predicted molar refractivity (Wildman–Crippen MR) is 77.8 cm³/mol. The molecule has 2 aliphatic heterocycles. The van der Waals surface area contributed by atoms with E-state index in [-0.39, 0.29) is 25.1 Å². The molecule has 0 aliphatic carbocycles. The molecule has 0 radical (unpaired) electrons. The number of amides is 1. The molecule has 1 atom stereocenters. The Hall–Kier alpha value is -1.46. The second kappa shape index (κ2) is 6.81. The number of nitrogens with one attached hydrogen (secondary N) is 2. The number of hydrogen-bond acceptors (Lipinski definition) is 4. The summed E-state index contributed by atoms with van der Waals surface area (Å²) in [6, 6.07) is 5.66. The predicted octanol–water partition coefficient (Wildman–Crippen LogP) is 1.71. The van der Waals surface area contributed by atoms with Gasteiger partial charge in [0.05, 0.1) is 0 Å². The molecule has 1 amide bonds. The zero-order valence-electron chi connectivity index (χ0n) is 11.2. The van der Waals surface area contributed by atoms with Gasteiger partial charge in [0.2, 0.25) is 6.79 Å². The van der Waals surface area contributed by atoms with Crippen molar-refractivity contribution >= 4 is 18.3 Å². The molecule has 2 aliphatic rings. The monoisotopic (exact) mass is 298 g/mol. The molecule has 0 saturated carbocycles. The van der Waals surface area contributed by atoms with E-state index in [1.165, 1.54) is 12.8 Å². The summed E-state index contributed by atoms with van der Waals surface area (Å²) in [6.07, 6.45) is 3.59. The van der Waals surface area contributed by atoms with Gasteiger partial charge in [0.15, 0.2) is 11.5 Å². The van der Waals surface area contributed by atoms with Crippen molar-refractivity contribution < 1.29 is 14.3 Å². The lowest BCUT2D eigenvalue weighted by Gasteiger charge is -2.23. The largest absolute Gasteiger partial charge is 0.454 e. The Bertz CT molecular complexity index is 475. The molecule has 1 saturated heterocycles. The van der Waals surface area contributed by atoms with Crippen molar-refractivity contribution in [3.05, 3.63) is 23.8 Å². The first-order valence-corrected chi connectivity index (χ1v) is 6.74. The summed E-state index contributed by atoms with van der Waals surface area (Å²) in [4.78, 5) is 12.1. The Morgan fingerprint density at radius 2 is 2.15 bits per heavy atom. The van der Waals surface area contributed by atoms with Gasteiger partial charge in [-0.1, -0.05) is 6.42 Å². The molecule has 0 spiro atoms. The van der Waals surface area contributed by atoms with Gasteiger partial charge in [0.1, 0.15) is 0 Å². The Morgan fingerprint density at radius 3 is 2.95 bits per heavy atom. The Kier molecular flexibility index (Phi) is 5.09. The molecule has 5 nitrogen and oxygen atoms in total. The van der Waals surface area contributed by atoms with Gasteiger partial charge >= 0.3 is 0 Å². The van der Waals surface area contributed by atoms with Crippen molar-refractivity contribution in [1.29, 1.82) is 0 Å². The number of carbonyl (C=O) groups excluding carboxylic acids is 1. The summed E-state index contributed by atoms with van der Waals surface area (Å²) in [5.41, 5.74) is 0.611. The zero-order chi connectivity index (χ0) is 13.1. The lowest BCUT2D eigenvalue weighted by molar-refractivity contribution is 0.0947. The minimum atomic E-state index is -0.0642. The van der Waals surface area contributed by atoms with E-state index in [1.807, 2.05) is 0 Å². The number of benzene rings is 1. The van der Waals surface area contributed by atoms with Crippen LogP contribution in [0, 0.1) is 0 Å². The fourth-order valence-corrected chi connectivity index (χ4v) is 2.45. The van der Waals surface area contributed by atoms with Crippen LogP contribution in [0.25, 0.3) is 0 Å². The SMILES string of the molecule is Cl.O=C(NCC1CCCCN1)c1ccc2c(c1)OCO2. The number of fused-ring (bicyclic) bond motifs is 1. The highest BCUT2D eigenvalue weighted by atomic mass is 35.5. The second-order valence-electron chi connectivity index (χ2n) is 4.92. The van der Waals surface area contributed by atoms with E-state index in [0.717, 1.165) is 13.0 Å². The van der Waals surface area contributed by atoms with Crippen molar-refractivity contribution in [3.8, 4) is 11.5 Å². The smallest absolute Gasteiger partial charge is 0.251 e. The van der Waals surface area contributed by atoms with Crippen LogP contribution in [0.1, 0.15) is 29.6 Å². The van der Waals surface area contributed by atoms with Gasteiger partial charge in [0.25, 0.3) is 5.91 Å². The maximum Gasteiger partial charge on any atom is 0.251 e. The minimum absolute atomic E-state index is 0. The van der Waals surface area contributed by atoms with Crippen LogP contribution in [0.15, 0.2) is 18.2 Å². The molecular weight excluding hydrogens is 280 g/mol. The Morgan fingerprint density at radius 1 is 1.30 bits per heavy atom. The summed E-state index contributed by atoms with van der Waals surface area (Å²) in [7, 11) is 0. The van der Waals surface area contributed by atoms with Gasteiger partial charge in [-0.3, -0.25) is 4.79 Å². The van der Waals surface area contributed by atoms with Crippen molar-refractivity contribution in [1.82, 2.24) is 10.6 Å². The number of halogens is 1. The van der Waals surface area contributed by atoms with Crippen molar-refractivity contribution in [3.63, 3.8) is 0 Å². The number of hydrogen-bond donors (Lipinski definition) is 2. The van der Waals surface area contributed by atoms with Crippen LogP contribution in [0.2, 0.25) is 0 Å². The van der Waals surface area contributed by atoms with Gasteiger partial charge in [0, 0.05) is 18.2 Å². The van der Waals surface area contributed by atoms with Crippen LogP contribution in [0.5, 0.6) is 11.5 Å². The van der Waals surface area contributed by atoms with Crippen LogP contribution < -0.4 is 20.1 Å². The number of rotatable bonds is 3. The Labute approximate surface area is 124 Å². The second-order valence-corrected chi connectivity index (χ2v) is 4.92. The normalized spacial score (nSPS) is 20.1. The number of piperidine rings is 1. The van der Waals surface area contributed by atoms with Gasteiger partial charge in [-0.05, 0) is 37.6 Å². The molecule has 6 heteroatoms. The highest BCUT2D eigenvalue weighted by molar-refractivity contribution is 5.94. The summed E-state index contributed by atoms with van der Waals surface area (Å²) in [5, 5.41) is 6.37. The molecule has 1 unspecified atom stereocenters. The highest BCUT2D eigenvalue weighted by Crippen LogP contribution is 2.32. The average molecular weight is 299 g/mol. The zero-order valence-corrected chi connectivity index (χ0v) is 12.0. The third-order valence-corrected chi connectivity index (χ3v) is 3.56. The number of carbonyl (C=O) groups is 1. The van der Waals surface area contributed by atoms with Gasteiger partial charge in [-0.25, -0.2) is 0 Å². The molecule has 1 aromatic carbocycles. The molecule has 110 valence electrons. The fraction of sp³-hybridized carbons (Fsp3) is 0.500. The molecule has 0 bridgehead atoms. The van der Waals surface area contributed by atoms with Gasteiger partial charge in [-0.15, -0.1) is 12.4 Å². The summed E-state index contributed by atoms with van der Waals surface area (Å²) < 4.78 is 10.5. The number of ether oxygens (including phenoxy) is 2. The summed E-state index contributed by atoms with van der Waals surface area (Å²) in [6.45, 7) is 1.95. The topological polar surface area (TPSA) is 59.6 Å². The van der Waals surface area contributed by atoms with E-state index in [0.29, 0.717) is 29.6 Å². The molecule has 2 heterocycles. The van der Waals surface area contributed by atoms with E-state index in [2.05, 4.69) is 10.6 Å². The fourth-order valence-electron chi connectivity index (χ4n) is 2.45. The van der Waals surface area contributed by atoms with E-state index >= 15 is 0 Å². The Balaban J connectivity index is 0.00000147. The van der Waals surface area contributed by atoms with E-state index in [9.17, 15) is 4.79 Å². The maximum absolute atomic E-state index is 12.1. The molecule has 0 aromatic heterocycles. The molecular formula is C14H19ClN2O3. The quantitative estimate of drug-likeness (QED) is 0.892. The molecule has 1 aromatic rings. The van der Waals surface area contributed by atoms with E-state index < -0.39 is 0 Å². The van der Waals surface area contributed by atoms with Crippen molar-refractivity contribution in [2.45, 2.75) is 25.3 Å². The van der Waals surface area contributed by atoms with Crippen LogP contribution in [-0.4, -0.2) is 31.8 Å². The first-order valence-electron chi connectivity index (χ1n) is 6.74. The maximum atomic E-state index is 12.1. The summed E-state index contributed by atoms with van der Waals surface area (Å²) >= 11 is 0. The highest BCUT2D eigenvalue weighted by Gasteiger charge is 2.17. The molecule has 1 fully saturated rings. The van der Waals surface area contributed by atoms with Crippen molar-refractivity contribution in [2.24, 2.45) is 0 Å². The van der Waals surface area contributed by atoms with Crippen molar-refractivity contribution in [2.75, 3.05) is 19.9 Å². The van der Waals surface area contributed by atoms with E-state index in [4.69, 9.17) is 9.47 Å². The molecule has 2 N–H and O–H groups in total. The molecule has 3 rings (SSSR count). The third-order valence-electron chi connectivity index (χ3n) is 3.56. The average Bonchev–Trinajstić information content (AvgIpc) is 2.93. The van der Waals surface area contributed by atoms with Crippen LogP contribution in [0.4, 0.5) is 0 Å². The van der Waals surface area contributed by atoms with E-state index in [1.54, 1.807) is 18.2 Å². The van der Waals surface area contributed by atoms with Gasteiger partial charge < -0.3 is 20.1 Å².